The molecule has 0 fully saturated rings. The van der Waals surface area contributed by atoms with Crippen molar-refractivity contribution in [3.05, 3.63) is 6.20 Å². The molecule has 0 atom stereocenters. The van der Waals surface area contributed by atoms with E-state index in [0.29, 0.717) is 0 Å². The van der Waals surface area contributed by atoms with Crippen molar-refractivity contribution in [2.75, 3.05) is 11.9 Å². The van der Waals surface area contributed by atoms with Crippen LogP contribution in [0.25, 0.3) is 0 Å². The van der Waals surface area contributed by atoms with Crippen LogP contribution in [-0.4, -0.2) is 16.1 Å². The van der Waals surface area contributed by atoms with Crippen LogP contribution in [-0.2, 0) is 0 Å². The van der Waals surface area contributed by atoms with Crippen LogP contribution in [0.1, 0.15) is 45.4 Å². The molecule has 0 saturated heterocycles. The average molecular weight is 213 g/mol. The zero-order chi connectivity index (χ0) is 10.1. The Morgan fingerprint density at radius 3 is 2.71 bits per heavy atom. The van der Waals surface area contributed by atoms with Crippen molar-refractivity contribution in [2.24, 2.45) is 0 Å². The fraction of sp³-hybridized carbons (Fsp3) is 0.800. The van der Waals surface area contributed by atoms with E-state index in [-0.39, 0.29) is 0 Å². The Morgan fingerprint density at radius 2 is 2.00 bits per heavy atom. The number of anilines is 1. The highest BCUT2D eigenvalue weighted by molar-refractivity contribution is 7.09. The van der Waals surface area contributed by atoms with E-state index in [9.17, 15) is 0 Å². The molecular weight excluding hydrogens is 194 g/mol. The zero-order valence-electron chi connectivity index (χ0n) is 8.83. The summed E-state index contributed by atoms with van der Waals surface area (Å²) in [5.41, 5.74) is 0. The number of hydrogen-bond donors (Lipinski definition) is 1. The van der Waals surface area contributed by atoms with Gasteiger partial charge in [0, 0.05) is 18.1 Å². The molecule has 80 valence electrons. The van der Waals surface area contributed by atoms with Crippen LogP contribution in [0.5, 0.6) is 0 Å². The summed E-state index contributed by atoms with van der Waals surface area (Å²) < 4.78 is 3.79. The molecule has 0 unspecified atom stereocenters. The van der Waals surface area contributed by atoms with E-state index in [0.717, 1.165) is 11.5 Å². The van der Waals surface area contributed by atoms with E-state index in [1.54, 1.807) is 6.20 Å². The van der Waals surface area contributed by atoms with Crippen molar-refractivity contribution < 1.29 is 0 Å². The summed E-state index contributed by atoms with van der Waals surface area (Å²) in [7, 11) is 0. The van der Waals surface area contributed by atoms with Gasteiger partial charge < -0.3 is 5.32 Å². The highest BCUT2D eigenvalue weighted by Crippen LogP contribution is 2.10. The Balaban J connectivity index is 1.85. The van der Waals surface area contributed by atoms with E-state index in [1.807, 2.05) is 0 Å². The molecule has 0 radical (unpaired) electrons. The van der Waals surface area contributed by atoms with Gasteiger partial charge >= 0.3 is 0 Å². The third-order valence-corrected chi connectivity index (χ3v) is 2.81. The second kappa shape index (κ2) is 7.74. The standard InChI is InChI=1S/C10H19N3S/c1-2-3-4-5-6-7-8-11-10-9-12-13-14-10/h9,11H,2-8H2,1H3. The molecule has 1 aromatic heterocycles. The summed E-state index contributed by atoms with van der Waals surface area (Å²) in [4.78, 5) is 0. The first-order chi connectivity index (χ1) is 6.93. The predicted molar refractivity (Wildman–Crippen MR) is 61.8 cm³/mol. The number of unbranched alkanes of at least 4 members (excludes halogenated alkanes) is 5. The lowest BCUT2D eigenvalue weighted by Gasteiger charge is -2.02. The summed E-state index contributed by atoms with van der Waals surface area (Å²) in [6, 6.07) is 0. The van der Waals surface area contributed by atoms with Crippen molar-refractivity contribution in [1.82, 2.24) is 9.59 Å². The Kier molecular flexibility index (Phi) is 6.32. The largest absolute Gasteiger partial charge is 0.374 e. The Morgan fingerprint density at radius 1 is 1.21 bits per heavy atom. The van der Waals surface area contributed by atoms with Crippen molar-refractivity contribution in [3.8, 4) is 0 Å². The average Bonchev–Trinajstić information content (AvgIpc) is 2.69. The molecule has 0 aliphatic rings. The van der Waals surface area contributed by atoms with Crippen molar-refractivity contribution in [3.63, 3.8) is 0 Å². The first-order valence-electron chi connectivity index (χ1n) is 5.44. The molecule has 1 rings (SSSR count). The predicted octanol–water partition coefficient (Wildman–Crippen LogP) is 3.31. The number of rotatable bonds is 8. The van der Waals surface area contributed by atoms with Gasteiger partial charge in [-0.2, -0.15) is 0 Å². The van der Waals surface area contributed by atoms with Gasteiger partial charge in [-0.3, -0.25) is 0 Å². The maximum Gasteiger partial charge on any atom is 0.130 e. The van der Waals surface area contributed by atoms with E-state index >= 15 is 0 Å². The quantitative estimate of drug-likeness (QED) is 0.673. The maximum atomic E-state index is 3.79. The molecule has 0 aliphatic carbocycles. The van der Waals surface area contributed by atoms with Gasteiger partial charge in [0.1, 0.15) is 5.00 Å². The smallest absolute Gasteiger partial charge is 0.130 e. The monoisotopic (exact) mass is 213 g/mol. The third-order valence-electron chi connectivity index (χ3n) is 2.19. The molecule has 1 N–H and O–H groups in total. The van der Waals surface area contributed by atoms with Crippen molar-refractivity contribution in [1.29, 1.82) is 0 Å². The summed E-state index contributed by atoms with van der Waals surface area (Å²) in [6.45, 7) is 3.30. The lowest BCUT2D eigenvalue weighted by Crippen LogP contribution is -1.99. The molecule has 0 amide bonds. The van der Waals surface area contributed by atoms with Crippen LogP contribution in [0, 0.1) is 0 Å². The van der Waals surface area contributed by atoms with Crippen LogP contribution in [0.4, 0.5) is 5.00 Å². The molecule has 0 aliphatic heterocycles. The fourth-order valence-electron chi connectivity index (χ4n) is 1.36. The van der Waals surface area contributed by atoms with Crippen LogP contribution in [0.2, 0.25) is 0 Å². The van der Waals surface area contributed by atoms with Gasteiger partial charge in [0.2, 0.25) is 0 Å². The Bertz CT molecular complexity index is 211. The number of aromatic nitrogens is 2. The highest BCUT2D eigenvalue weighted by Gasteiger charge is 1.93. The van der Waals surface area contributed by atoms with Gasteiger partial charge in [0.15, 0.2) is 0 Å². The summed E-state index contributed by atoms with van der Waals surface area (Å²) >= 11 is 1.42. The number of nitrogens with zero attached hydrogens (tertiary/aromatic N) is 2. The lowest BCUT2D eigenvalue weighted by molar-refractivity contribution is 0.617. The first-order valence-corrected chi connectivity index (χ1v) is 6.22. The SMILES string of the molecule is CCCCCCCCNc1cnns1. The molecule has 0 aromatic carbocycles. The van der Waals surface area contributed by atoms with E-state index in [1.165, 1.54) is 50.1 Å². The van der Waals surface area contributed by atoms with Gasteiger partial charge in [-0.25, -0.2) is 0 Å². The van der Waals surface area contributed by atoms with E-state index in [4.69, 9.17) is 0 Å². The minimum Gasteiger partial charge on any atom is -0.374 e. The molecule has 0 saturated carbocycles. The van der Waals surface area contributed by atoms with E-state index in [2.05, 4.69) is 21.8 Å². The molecule has 14 heavy (non-hydrogen) atoms. The molecular formula is C10H19N3S. The topological polar surface area (TPSA) is 37.8 Å². The van der Waals surface area contributed by atoms with Gasteiger partial charge in [-0.1, -0.05) is 43.5 Å². The second-order valence-electron chi connectivity index (χ2n) is 3.48. The second-order valence-corrected chi connectivity index (χ2v) is 4.26. The third kappa shape index (κ3) is 5.17. The highest BCUT2D eigenvalue weighted by atomic mass is 32.1. The summed E-state index contributed by atoms with van der Waals surface area (Å²) in [5.74, 6) is 0. The minimum absolute atomic E-state index is 1.05. The van der Waals surface area contributed by atoms with Crippen LogP contribution < -0.4 is 5.32 Å². The van der Waals surface area contributed by atoms with Crippen molar-refractivity contribution >= 4 is 16.5 Å². The summed E-state index contributed by atoms with van der Waals surface area (Å²) in [5, 5.41) is 8.16. The molecule has 4 heteroatoms. The molecule has 0 bridgehead atoms. The zero-order valence-corrected chi connectivity index (χ0v) is 9.65. The first kappa shape index (κ1) is 11.4. The molecule has 0 spiro atoms. The van der Waals surface area contributed by atoms with Gasteiger partial charge in [-0.15, -0.1) is 5.10 Å². The van der Waals surface area contributed by atoms with Gasteiger partial charge in [0.25, 0.3) is 0 Å². The molecule has 1 heterocycles. The Labute approximate surface area is 90.1 Å². The number of nitrogens with one attached hydrogen (secondary N) is 1. The van der Waals surface area contributed by atoms with E-state index < -0.39 is 0 Å². The van der Waals surface area contributed by atoms with Gasteiger partial charge in [0.05, 0.1) is 6.20 Å². The molecule has 3 nitrogen and oxygen atoms in total. The summed E-state index contributed by atoms with van der Waals surface area (Å²) in [6.07, 6.45) is 9.83. The fourth-order valence-corrected chi connectivity index (χ4v) is 1.81. The van der Waals surface area contributed by atoms with Crippen LogP contribution in [0.3, 0.4) is 0 Å². The van der Waals surface area contributed by atoms with Crippen LogP contribution in [0.15, 0.2) is 6.20 Å². The molecule has 1 aromatic rings. The van der Waals surface area contributed by atoms with Crippen LogP contribution >= 0.6 is 11.5 Å². The normalized spacial score (nSPS) is 10.4. The number of hydrogen-bond acceptors (Lipinski definition) is 4. The minimum atomic E-state index is 1.05. The van der Waals surface area contributed by atoms with Gasteiger partial charge in [-0.05, 0) is 6.42 Å². The maximum absolute atomic E-state index is 3.79. The van der Waals surface area contributed by atoms with Crippen molar-refractivity contribution in [2.45, 2.75) is 45.4 Å². The lowest BCUT2D eigenvalue weighted by atomic mass is 10.1. The Hall–Kier alpha value is -0.640.